The van der Waals surface area contributed by atoms with Crippen LogP contribution in [-0.4, -0.2) is 25.2 Å². The quantitative estimate of drug-likeness (QED) is 0.714. The van der Waals surface area contributed by atoms with Crippen molar-refractivity contribution in [1.82, 2.24) is 0 Å². The van der Waals surface area contributed by atoms with Crippen molar-refractivity contribution in [2.45, 2.75) is 71.3 Å². The van der Waals surface area contributed by atoms with Gasteiger partial charge in [-0.15, -0.1) is 0 Å². The first kappa shape index (κ1) is 15.7. The minimum absolute atomic E-state index is 0.318. The predicted molar refractivity (Wildman–Crippen MR) is 97.3 cm³/mol. The van der Waals surface area contributed by atoms with Crippen LogP contribution in [0.3, 0.4) is 0 Å². The lowest BCUT2D eigenvalue weighted by Gasteiger charge is -2.46. The maximum Gasteiger partial charge on any atom is 0.0645 e. The van der Waals surface area contributed by atoms with Gasteiger partial charge in [-0.2, -0.15) is 0 Å². The molecule has 2 atom stereocenters. The summed E-state index contributed by atoms with van der Waals surface area (Å²) < 4.78 is 0. The normalized spacial score (nSPS) is 26.5. The summed E-state index contributed by atoms with van der Waals surface area (Å²) in [4.78, 5) is 5.39. The Hall–Kier alpha value is -1.18. The lowest BCUT2D eigenvalue weighted by molar-refractivity contribution is 0.334. The molecule has 0 aliphatic carbocycles. The lowest BCUT2D eigenvalue weighted by atomic mass is 9.79. The summed E-state index contributed by atoms with van der Waals surface area (Å²) in [5.74, 6) is 0.688. The highest BCUT2D eigenvalue weighted by Crippen LogP contribution is 2.55. The van der Waals surface area contributed by atoms with E-state index >= 15 is 0 Å². The van der Waals surface area contributed by atoms with Crippen LogP contribution in [0.15, 0.2) is 18.2 Å². The van der Waals surface area contributed by atoms with Crippen LogP contribution in [0.1, 0.15) is 71.3 Å². The Morgan fingerprint density at radius 1 is 1.14 bits per heavy atom. The number of para-hydroxylation sites is 1. The van der Waals surface area contributed by atoms with Gasteiger partial charge in [0.05, 0.1) is 11.4 Å². The molecule has 0 bridgehead atoms. The van der Waals surface area contributed by atoms with Gasteiger partial charge in [0.25, 0.3) is 0 Å². The van der Waals surface area contributed by atoms with E-state index in [0.29, 0.717) is 11.5 Å². The smallest absolute Gasteiger partial charge is 0.0645 e. The van der Waals surface area contributed by atoms with E-state index in [0.717, 1.165) is 0 Å². The molecule has 0 radical (unpaired) electrons. The second kappa shape index (κ2) is 6.14. The van der Waals surface area contributed by atoms with Gasteiger partial charge >= 0.3 is 0 Å². The van der Waals surface area contributed by atoms with Crippen LogP contribution in [-0.2, 0) is 0 Å². The monoisotopic (exact) mass is 300 g/mol. The highest BCUT2D eigenvalue weighted by Gasteiger charge is 2.48. The number of rotatable bonds is 6. The van der Waals surface area contributed by atoms with Gasteiger partial charge in [-0.3, -0.25) is 0 Å². The van der Waals surface area contributed by atoms with Gasteiger partial charge in [0.1, 0.15) is 0 Å². The zero-order chi connectivity index (χ0) is 15.7. The summed E-state index contributed by atoms with van der Waals surface area (Å²) >= 11 is 0. The van der Waals surface area contributed by atoms with Crippen molar-refractivity contribution in [3.8, 4) is 0 Å². The molecule has 2 unspecified atom stereocenters. The largest absolute Gasteiger partial charge is 0.368 e. The second-order valence-electron chi connectivity index (χ2n) is 7.28. The molecule has 2 aliphatic rings. The fourth-order valence-corrected chi connectivity index (χ4v) is 4.92. The standard InChI is InChI=1S/C20H32N2/c1-5-8-13-21-14-15-22-19-16(10-9-11-18(19)21)17(7-3)20(22,4)12-6-2/h9-11,17H,5-8,12-15H2,1-4H3. The first-order chi connectivity index (χ1) is 10.7. The van der Waals surface area contributed by atoms with Gasteiger partial charge < -0.3 is 9.80 Å². The second-order valence-corrected chi connectivity index (χ2v) is 7.28. The zero-order valence-electron chi connectivity index (χ0n) is 14.9. The van der Waals surface area contributed by atoms with Gasteiger partial charge in [0.2, 0.25) is 0 Å². The zero-order valence-corrected chi connectivity index (χ0v) is 14.9. The van der Waals surface area contributed by atoms with Gasteiger partial charge in [0, 0.05) is 31.1 Å². The molecule has 122 valence electrons. The highest BCUT2D eigenvalue weighted by molar-refractivity contribution is 5.81. The third kappa shape index (κ3) is 2.23. The van der Waals surface area contributed by atoms with Crippen LogP contribution in [0.5, 0.6) is 0 Å². The molecule has 1 aromatic rings. The minimum Gasteiger partial charge on any atom is -0.368 e. The number of anilines is 2. The van der Waals surface area contributed by atoms with Crippen molar-refractivity contribution in [3.63, 3.8) is 0 Å². The maximum atomic E-state index is 2.76. The molecule has 0 N–H and O–H groups in total. The van der Waals surface area contributed by atoms with Crippen molar-refractivity contribution >= 4 is 11.4 Å². The molecule has 1 aromatic carbocycles. The summed E-state index contributed by atoms with van der Waals surface area (Å²) in [5, 5.41) is 0. The predicted octanol–water partition coefficient (Wildman–Crippen LogP) is 5.18. The Morgan fingerprint density at radius 2 is 1.95 bits per heavy atom. The van der Waals surface area contributed by atoms with Gasteiger partial charge in [-0.25, -0.2) is 0 Å². The summed E-state index contributed by atoms with van der Waals surface area (Å²) in [7, 11) is 0. The lowest BCUT2D eigenvalue weighted by Crippen LogP contribution is -2.51. The Bertz CT molecular complexity index is 524. The van der Waals surface area contributed by atoms with Crippen LogP contribution >= 0.6 is 0 Å². The highest BCUT2D eigenvalue weighted by atomic mass is 15.3. The third-order valence-corrected chi connectivity index (χ3v) is 5.94. The van der Waals surface area contributed by atoms with Crippen molar-refractivity contribution in [1.29, 1.82) is 0 Å². The molecule has 2 aliphatic heterocycles. The number of benzene rings is 1. The van der Waals surface area contributed by atoms with E-state index in [1.54, 1.807) is 11.3 Å². The van der Waals surface area contributed by atoms with Gasteiger partial charge in [-0.05, 0) is 37.8 Å². The van der Waals surface area contributed by atoms with E-state index < -0.39 is 0 Å². The summed E-state index contributed by atoms with van der Waals surface area (Å²) in [6.45, 7) is 13.1. The molecule has 0 saturated carbocycles. The van der Waals surface area contributed by atoms with E-state index in [4.69, 9.17) is 0 Å². The molecular formula is C20H32N2. The van der Waals surface area contributed by atoms with Crippen molar-refractivity contribution in [2.75, 3.05) is 29.4 Å². The van der Waals surface area contributed by atoms with E-state index in [1.807, 2.05) is 0 Å². The van der Waals surface area contributed by atoms with Crippen LogP contribution in [0.4, 0.5) is 11.4 Å². The molecule has 3 rings (SSSR count). The Kier molecular flexibility index (Phi) is 4.38. The molecule has 22 heavy (non-hydrogen) atoms. The summed E-state index contributed by atoms with van der Waals surface area (Å²) in [5.41, 5.74) is 4.99. The van der Waals surface area contributed by atoms with Crippen molar-refractivity contribution in [2.24, 2.45) is 0 Å². The topological polar surface area (TPSA) is 6.48 Å². The van der Waals surface area contributed by atoms with Gasteiger partial charge in [0.15, 0.2) is 0 Å². The molecular weight excluding hydrogens is 268 g/mol. The van der Waals surface area contributed by atoms with Crippen LogP contribution in [0, 0.1) is 0 Å². The molecule has 0 aromatic heterocycles. The fraction of sp³-hybridized carbons (Fsp3) is 0.700. The molecule has 0 spiro atoms. The molecule has 0 saturated heterocycles. The Morgan fingerprint density at radius 3 is 2.64 bits per heavy atom. The molecule has 2 heterocycles. The van der Waals surface area contributed by atoms with Gasteiger partial charge in [-0.1, -0.05) is 45.7 Å². The minimum atomic E-state index is 0.318. The number of unbranched alkanes of at least 4 members (excludes halogenated alkanes) is 1. The van der Waals surface area contributed by atoms with Crippen molar-refractivity contribution in [3.05, 3.63) is 23.8 Å². The number of hydrogen-bond acceptors (Lipinski definition) is 2. The first-order valence-corrected chi connectivity index (χ1v) is 9.32. The van der Waals surface area contributed by atoms with Crippen LogP contribution in [0.2, 0.25) is 0 Å². The average molecular weight is 300 g/mol. The molecule has 0 fully saturated rings. The summed E-state index contributed by atoms with van der Waals surface area (Å²) in [6.07, 6.45) is 6.40. The average Bonchev–Trinajstić information content (AvgIpc) is 2.77. The van der Waals surface area contributed by atoms with E-state index in [1.165, 1.54) is 57.4 Å². The van der Waals surface area contributed by atoms with Crippen LogP contribution in [0.25, 0.3) is 0 Å². The SMILES string of the molecule is CCCCN1CCN2c3c(cccc31)C(CC)C2(C)CCC. The number of nitrogens with zero attached hydrogens (tertiary/aromatic N) is 2. The molecule has 2 nitrogen and oxygen atoms in total. The molecule has 2 heteroatoms. The third-order valence-electron chi connectivity index (χ3n) is 5.94. The van der Waals surface area contributed by atoms with E-state index in [2.05, 4.69) is 55.7 Å². The maximum absolute atomic E-state index is 2.76. The first-order valence-electron chi connectivity index (χ1n) is 9.32. The Labute approximate surface area is 136 Å². The van der Waals surface area contributed by atoms with E-state index in [9.17, 15) is 0 Å². The Balaban J connectivity index is 2.03. The fourth-order valence-electron chi connectivity index (χ4n) is 4.92. The summed E-state index contributed by atoms with van der Waals surface area (Å²) in [6, 6.07) is 7.03. The molecule has 0 amide bonds. The van der Waals surface area contributed by atoms with Crippen molar-refractivity contribution < 1.29 is 0 Å². The van der Waals surface area contributed by atoms with Crippen LogP contribution < -0.4 is 9.80 Å². The van der Waals surface area contributed by atoms with E-state index in [-0.39, 0.29) is 0 Å². The number of hydrogen-bond donors (Lipinski definition) is 0.